The lowest BCUT2D eigenvalue weighted by atomic mass is 10.1. The van der Waals surface area contributed by atoms with Crippen LogP contribution in [0.15, 0.2) is 34.7 Å². The largest absolute Gasteiger partial charge is 0.466 e. The molecule has 0 aliphatic carbocycles. The zero-order valence-corrected chi connectivity index (χ0v) is 12.9. The zero-order chi connectivity index (χ0) is 17.9. The van der Waals surface area contributed by atoms with E-state index in [4.69, 9.17) is 9.15 Å². The van der Waals surface area contributed by atoms with Gasteiger partial charge in [0.25, 0.3) is 5.91 Å². The molecule has 0 spiro atoms. The Kier molecular flexibility index (Phi) is 4.96. The van der Waals surface area contributed by atoms with E-state index in [0.717, 1.165) is 12.1 Å². The van der Waals surface area contributed by atoms with Crippen molar-refractivity contribution in [2.24, 2.45) is 0 Å². The van der Waals surface area contributed by atoms with Crippen molar-refractivity contribution >= 4 is 17.6 Å². The highest BCUT2D eigenvalue weighted by molar-refractivity contribution is 5.96. The standard InChI is InChI=1S/C16H14F3NO4/c1-9-7-11(10(2)24-9)15(22)23-8-14(21)20-13-6-4-3-5-12(13)16(17,18)19/h3-7H,8H2,1-2H3,(H,20,21). The summed E-state index contributed by atoms with van der Waals surface area (Å²) in [6, 6.07) is 5.98. The third-order valence-electron chi connectivity index (χ3n) is 3.10. The molecule has 0 radical (unpaired) electrons. The van der Waals surface area contributed by atoms with E-state index in [0.29, 0.717) is 11.5 Å². The Labute approximate surface area is 135 Å². The molecule has 2 aromatic rings. The monoisotopic (exact) mass is 341 g/mol. The number of esters is 1. The molecule has 0 atom stereocenters. The van der Waals surface area contributed by atoms with Gasteiger partial charge in [-0.05, 0) is 32.0 Å². The molecule has 0 saturated carbocycles. The molecular weight excluding hydrogens is 327 g/mol. The van der Waals surface area contributed by atoms with Gasteiger partial charge < -0.3 is 14.5 Å². The Morgan fingerprint density at radius 1 is 1.21 bits per heavy atom. The lowest BCUT2D eigenvalue weighted by Crippen LogP contribution is -2.22. The predicted octanol–water partition coefficient (Wildman–Crippen LogP) is 3.71. The predicted molar refractivity (Wildman–Crippen MR) is 78.5 cm³/mol. The second-order valence-electron chi connectivity index (χ2n) is 4.99. The molecular formula is C16H14F3NO4. The number of benzene rings is 1. The number of hydrogen-bond acceptors (Lipinski definition) is 4. The molecule has 0 fully saturated rings. The molecule has 1 heterocycles. The number of para-hydroxylation sites is 1. The highest BCUT2D eigenvalue weighted by Crippen LogP contribution is 2.34. The first-order valence-electron chi connectivity index (χ1n) is 6.88. The minimum Gasteiger partial charge on any atom is -0.466 e. The van der Waals surface area contributed by atoms with Gasteiger partial charge in [0.15, 0.2) is 6.61 Å². The van der Waals surface area contributed by atoms with E-state index in [9.17, 15) is 22.8 Å². The number of carbonyl (C=O) groups excluding carboxylic acids is 2. The van der Waals surface area contributed by atoms with Crippen molar-refractivity contribution in [1.82, 2.24) is 0 Å². The van der Waals surface area contributed by atoms with E-state index in [1.807, 2.05) is 0 Å². The third-order valence-corrected chi connectivity index (χ3v) is 3.10. The number of hydrogen-bond donors (Lipinski definition) is 1. The first kappa shape index (κ1) is 17.6. The summed E-state index contributed by atoms with van der Waals surface area (Å²) in [6.45, 7) is 2.49. The molecule has 1 N–H and O–H groups in total. The molecule has 0 bridgehead atoms. The number of carbonyl (C=O) groups is 2. The van der Waals surface area contributed by atoms with Crippen LogP contribution in [-0.4, -0.2) is 18.5 Å². The molecule has 0 saturated heterocycles. The lowest BCUT2D eigenvalue weighted by Gasteiger charge is -2.13. The van der Waals surface area contributed by atoms with E-state index in [1.54, 1.807) is 13.8 Å². The second-order valence-corrected chi connectivity index (χ2v) is 4.99. The van der Waals surface area contributed by atoms with Crippen LogP contribution in [0.25, 0.3) is 0 Å². The number of rotatable bonds is 4. The number of alkyl halides is 3. The Morgan fingerprint density at radius 3 is 2.46 bits per heavy atom. The molecule has 1 aromatic heterocycles. The van der Waals surface area contributed by atoms with Crippen LogP contribution in [0.5, 0.6) is 0 Å². The highest BCUT2D eigenvalue weighted by atomic mass is 19.4. The number of furan rings is 1. The summed E-state index contributed by atoms with van der Waals surface area (Å²) < 4.78 is 48.5. The fourth-order valence-corrected chi connectivity index (χ4v) is 2.07. The smallest absolute Gasteiger partial charge is 0.418 e. The molecule has 5 nitrogen and oxygen atoms in total. The van der Waals surface area contributed by atoms with Gasteiger partial charge in [0.05, 0.1) is 11.3 Å². The molecule has 0 aliphatic rings. The van der Waals surface area contributed by atoms with Gasteiger partial charge >= 0.3 is 12.1 Å². The number of amides is 1. The first-order valence-corrected chi connectivity index (χ1v) is 6.88. The van der Waals surface area contributed by atoms with Gasteiger partial charge in [-0.15, -0.1) is 0 Å². The van der Waals surface area contributed by atoms with Crippen LogP contribution >= 0.6 is 0 Å². The van der Waals surface area contributed by atoms with Gasteiger partial charge in [-0.25, -0.2) is 4.79 Å². The van der Waals surface area contributed by atoms with E-state index in [2.05, 4.69) is 5.32 Å². The SMILES string of the molecule is Cc1cc(C(=O)OCC(=O)Nc2ccccc2C(F)(F)F)c(C)o1. The maximum Gasteiger partial charge on any atom is 0.418 e. The van der Waals surface area contributed by atoms with Gasteiger partial charge in [-0.1, -0.05) is 12.1 Å². The van der Waals surface area contributed by atoms with Crippen LogP contribution in [-0.2, 0) is 15.7 Å². The molecule has 0 aliphatic heterocycles. The van der Waals surface area contributed by atoms with Gasteiger partial charge in [0.1, 0.15) is 17.1 Å². The van der Waals surface area contributed by atoms with Gasteiger partial charge in [0, 0.05) is 0 Å². The Morgan fingerprint density at radius 2 is 1.88 bits per heavy atom. The molecule has 24 heavy (non-hydrogen) atoms. The van der Waals surface area contributed by atoms with Crippen LogP contribution in [0.4, 0.5) is 18.9 Å². The van der Waals surface area contributed by atoms with Gasteiger partial charge in [-0.3, -0.25) is 4.79 Å². The van der Waals surface area contributed by atoms with Gasteiger partial charge in [-0.2, -0.15) is 13.2 Å². The van der Waals surface area contributed by atoms with Crippen LogP contribution < -0.4 is 5.32 Å². The van der Waals surface area contributed by atoms with E-state index in [1.165, 1.54) is 18.2 Å². The Hall–Kier alpha value is -2.77. The number of anilines is 1. The molecule has 0 unspecified atom stereocenters. The minimum absolute atomic E-state index is 0.163. The van der Waals surface area contributed by atoms with Gasteiger partial charge in [0.2, 0.25) is 0 Å². The fourth-order valence-electron chi connectivity index (χ4n) is 2.07. The lowest BCUT2D eigenvalue weighted by molar-refractivity contribution is -0.137. The average Bonchev–Trinajstić information content (AvgIpc) is 2.83. The van der Waals surface area contributed by atoms with E-state index < -0.39 is 35.9 Å². The van der Waals surface area contributed by atoms with E-state index in [-0.39, 0.29) is 5.56 Å². The summed E-state index contributed by atoms with van der Waals surface area (Å²) in [4.78, 5) is 23.6. The van der Waals surface area contributed by atoms with Crippen LogP contribution in [0.3, 0.4) is 0 Å². The molecule has 8 heteroatoms. The fraction of sp³-hybridized carbons (Fsp3) is 0.250. The molecule has 2 rings (SSSR count). The normalized spacial score (nSPS) is 11.2. The number of ether oxygens (including phenoxy) is 1. The third kappa shape index (κ3) is 4.15. The van der Waals surface area contributed by atoms with Crippen molar-refractivity contribution in [3.05, 3.63) is 53.0 Å². The van der Waals surface area contributed by atoms with Crippen molar-refractivity contribution in [3.63, 3.8) is 0 Å². The Bertz CT molecular complexity index is 765. The summed E-state index contributed by atoms with van der Waals surface area (Å²) in [5, 5.41) is 2.08. The number of halogens is 3. The molecule has 1 amide bonds. The second kappa shape index (κ2) is 6.77. The summed E-state index contributed by atoms with van der Waals surface area (Å²) in [7, 11) is 0. The van der Waals surface area contributed by atoms with Crippen molar-refractivity contribution in [3.8, 4) is 0 Å². The topological polar surface area (TPSA) is 68.5 Å². The van der Waals surface area contributed by atoms with Crippen molar-refractivity contribution in [1.29, 1.82) is 0 Å². The number of aryl methyl sites for hydroxylation is 2. The quantitative estimate of drug-likeness (QED) is 0.861. The zero-order valence-electron chi connectivity index (χ0n) is 12.9. The van der Waals surface area contributed by atoms with Crippen LogP contribution in [0.2, 0.25) is 0 Å². The van der Waals surface area contributed by atoms with Crippen LogP contribution in [0, 0.1) is 13.8 Å². The summed E-state index contributed by atoms with van der Waals surface area (Å²) in [6.07, 6.45) is -4.61. The maximum atomic E-state index is 12.8. The summed E-state index contributed by atoms with van der Waals surface area (Å²) >= 11 is 0. The molecule has 1 aromatic carbocycles. The van der Waals surface area contributed by atoms with Crippen molar-refractivity contribution in [2.45, 2.75) is 20.0 Å². The van der Waals surface area contributed by atoms with E-state index >= 15 is 0 Å². The highest BCUT2D eigenvalue weighted by Gasteiger charge is 2.33. The molecule has 128 valence electrons. The maximum absolute atomic E-state index is 12.8. The summed E-state index contributed by atoms with van der Waals surface area (Å²) in [5.41, 5.74) is -1.22. The minimum atomic E-state index is -4.61. The summed E-state index contributed by atoms with van der Waals surface area (Å²) in [5.74, 6) is -0.829. The van der Waals surface area contributed by atoms with Crippen molar-refractivity contribution < 1.29 is 31.9 Å². The number of nitrogens with one attached hydrogen (secondary N) is 1. The van der Waals surface area contributed by atoms with Crippen LogP contribution in [0.1, 0.15) is 27.4 Å². The van der Waals surface area contributed by atoms with Crippen molar-refractivity contribution in [2.75, 3.05) is 11.9 Å². The average molecular weight is 341 g/mol. The Balaban J connectivity index is 2.00. The first-order chi connectivity index (χ1) is 11.2.